The van der Waals surface area contributed by atoms with E-state index in [0.717, 1.165) is 11.8 Å². The molecule has 0 saturated carbocycles. The van der Waals surface area contributed by atoms with Crippen LogP contribution in [0.2, 0.25) is 0 Å². The van der Waals surface area contributed by atoms with Gasteiger partial charge in [0.2, 0.25) is 0 Å². The molecule has 0 radical (unpaired) electrons. The molecule has 0 spiro atoms. The van der Waals surface area contributed by atoms with Crippen LogP contribution < -0.4 is 0 Å². The van der Waals surface area contributed by atoms with E-state index in [4.69, 9.17) is 0 Å². The zero-order valence-electron chi connectivity index (χ0n) is 16.0. The lowest BCUT2D eigenvalue weighted by molar-refractivity contribution is 0.463. The first-order chi connectivity index (χ1) is 14.9. The summed E-state index contributed by atoms with van der Waals surface area (Å²) in [5, 5.41) is 27.0. The second-order valence-electron chi connectivity index (χ2n) is 6.49. The Kier molecular flexibility index (Phi) is 5.52. The molecule has 0 aromatic heterocycles. The van der Waals surface area contributed by atoms with Crippen molar-refractivity contribution in [2.45, 2.75) is 4.90 Å². The summed E-state index contributed by atoms with van der Waals surface area (Å²) in [5.74, 6) is -0.264. The van der Waals surface area contributed by atoms with Crippen LogP contribution in [0.15, 0.2) is 110 Å². The van der Waals surface area contributed by atoms with Crippen LogP contribution in [0.1, 0.15) is 0 Å². The monoisotopic (exact) mass is 431 g/mol. The van der Waals surface area contributed by atoms with E-state index in [-0.39, 0.29) is 22.2 Å². The van der Waals surface area contributed by atoms with Crippen LogP contribution in [-0.2, 0) is 10.1 Å². The number of rotatable bonds is 5. The lowest BCUT2D eigenvalue weighted by Gasteiger charge is -2.13. The fraction of sp³-hybridized carbons (Fsp3) is 0. The number of phenols is 1. The van der Waals surface area contributed by atoms with Crippen LogP contribution in [-0.4, -0.2) is 18.1 Å². The Balaban J connectivity index is 1.63. The molecule has 4 aromatic rings. The Bertz CT molecular complexity index is 1400. The van der Waals surface area contributed by atoms with E-state index in [1.165, 1.54) is 12.1 Å². The molecule has 0 aliphatic heterocycles. The topological polar surface area (TPSA) is 127 Å². The van der Waals surface area contributed by atoms with Gasteiger partial charge < -0.3 is 9.66 Å². The Morgan fingerprint density at radius 2 is 1.13 bits per heavy atom. The quantitative estimate of drug-likeness (QED) is 0.294. The van der Waals surface area contributed by atoms with E-state index in [1.807, 2.05) is 30.3 Å². The molecular formula is C22H15N4O4S-. The number of aromatic hydroxyl groups is 1. The fourth-order valence-electron chi connectivity index (χ4n) is 2.90. The molecule has 0 atom stereocenters. The Hall–Kier alpha value is -3.95. The predicted molar refractivity (Wildman–Crippen MR) is 115 cm³/mol. The summed E-state index contributed by atoms with van der Waals surface area (Å²) in [4.78, 5) is -0.466. The molecular weight excluding hydrogens is 416 g/mol. The maximum atomic E-state index is 11.7. The van der Waals surface area contributed by atoms with Gasteiger partial charge in [0.25, 0.3) is 0 Å². The van der Waals surface area contributed by atoms with Gasteiger partial charge in [-0.3, -0.25) is 0 Å². The summed E-state index contributed by atoms with van der Waals surface area (Å²) in [6.45, 7) is 0. The van der Waals surface area contributed by atoms with Gasteiger partial charge in [-0.2, -0.15) is 15.3 Å². The molecule has 154 valence electrons. The lowest BCUT2D eigenvalue weighted by Crippen LogP contribution is -1.99. The smallest absolute Gasteiger partial charge is 0.150 e. The van der Waals surface area contributed by atoms with Crippen molar-refractivity contribution in [3.8, 4) is 5.75 Å². The van der Waals surface area contributed by atoms with Gasteiger partial charge in [-0.05, 0) is 42.5 Å². The van der Waals surface area contributed by atoms with Crippen molar-refractivity contribution in [3.63, 3.8) is 0 Å². The number of azo groups is 2. The van der Waals surface area contributed by atoms with Crippen LogP contribution in [0.25, 0.3) is 10.8 Å². The van der Waals surface area contributed by atoms with E-state index in [2.05, 4.69) is 20.5 Å². The van der Waals surface area contributed by atoms with Crippen molar-refractivity contribution in [1.29, 1.82) is 0 Å². The summed E-state index contributed by atoms with van der Waals surface area (Å²) < 4.78 is 35.0. The molecule has 9 heteroatoms. The molecule has 0 unspecified atom stereocenters. The van der Waals surface area contributed by atoms with Crippen LogP contribution in [0, 0.1) is 0 Å². The number of hydrogen-bond donors (Lipinski definition) is 1. The average Bonchev–Trinajstić information content (AvgIpc) is 2.78. The molecule has 31 heavy (non-hydrogen) atoms. The van der Waals surface area contributed by atoms with Gasteiger partial charge >= 0.3 is 0 Å². The van der Waals surface area contributed by atoms with Crippen molar-refractivity contribution in [2.75, 3.05) is 0 Å². The lowest BCUT2D eigenvalue weighted by atomic mass is 10.1. The van der Waals surface area contributed by atoms with Gasteiger partial charge in [-0.25, -0.2) is 8.42 Å². The summed E-state index contributed by atoms with van der Waals surface area (Å²) in [7, 11) is -4.77. The molecule has 0 amide bonds. The first-order valence-corrected chi connectivity index (χ1v) is 10.5. The highest BCUT2D eigenvalue weighted by Crippen LogP contribution is 2.39. The first-order valence-electron chi connectivity index (χ1n) is 9.11. The Morgan fingerprint density at radius 1 is 0.645 bits per heavy atom. The van der Waals surface area contributed by atoms with Gasteiger partial charge in [0, 0.05) is 10.8 Å². The highest BCUT2D eigenvalue weighted by molar-refractivity contribution is 7.86. The molecule has 0 fully saturated rings. The minimum Gasteiger partial charge on any atom is -0.744 e. The number of hydrogen-bond acceptors (Lipinski definition) is 8. The van der Waals surface area contributed by atoms with Crippen LogP contribution in [0.4, 0.5) is 22.7 Å². The number of nitrogens with zero attached hydrogens (tertiary/aromatic N) is 4. The van der Waals surface area contributed by atoms with Gasteiger partial charge in [-0.1, -0.05) is 42.5 Å². The largest absolute Gasteiger partial charge is 0.744 e. The van der Waals surface area contributed by atoms with Gasteiger partial charge in [0.1, 0.15) is 15.8 Å². The molecule has 0 bridgehead atoms. The minimum atomic E-state index is -4.77. The van der Waals surface area contributed by atoms with Crippen LogP contribution >= 0.6 is 0 Å². The molecule has 0 heterocycles. The van der Waals surface area contributed by atoms with E-state index >= 15 is 0 Å². The first kappa shape index (κ1) is 20.3. The fourth-order valence-corrected chi connectivity index (χ4v) is 3.61. The van der Waals surface area contributed by atoms with E-state index in [9.17, 15) is 18.1 Å². The molecule has 0 aliphatic rings. The average molecular weight is 431 g/mol. The van der Waals surface area contributed by atoms with E-state index in [1.54, 1.807) is 36.4 Å². The summed E-state index contributed by atoms with van der Waals surface area (Å²) in [5.41, 5.74) is 1.65. The Morgan fingerprint density at radius 3 is 1.71 bits per heavy atom. The maximum absolute atomic E-state index is 11.7. The normalized spacial score (nSPS) is 12.2. The van der Waals surface area contributed by atoms with E-state index in [0.29, 0.717) is 11.4 Å². The summed E-state index contributed by atoms with van der Waals surface area (Å²) >= 11 is 0. The predicted octanol–water partition coefficient (Wildman–Crippen LogP) is 6.28. The number of benzene rings is 4. The van der Waals surface area contributed by atoms with Crippen molar-refractivity contribution >= 4 is 43.6 Å². The number of phenolic OH excluding ortho intramolecular Hbond substituents is 1. The number of fused-ring (bicyclic) bond motifs is 1. The highest BCUT2D eigenvalue weighted by Gasteiger charge is 2.15. The molecule has 0 aliphatic carbocycles. The molecule has 4 aromatic carbocycles. The van der Waals surface area contributed by atoms with Crippen LogP contribution in [0.3, 0.4) is 0 Å². The van der Waals surface area contributed by atoms with Crippen LogP contribution in [0.5, 0.6) is 5.75 Å². The van der Waals surface area contributed by atoms with Gasteiger partial charge in [-0.15, -0.1) is 5.11 Å². The highest BCUT2D eigenvalue weighted by atomic mass is 32.2. The molecule has 8 nitrogen and oxygen atoms in total. The molecule has 4 rings (SSSR count). The molecule has 1 N–H and O–H groups in total. The second kappa shape index (κ2) is 8.42. The minimum absolute atomic E-state index is 0.124. The standard InChI is InChI=1S/C22H16N4O4S/c27-22-19-9-5-4-8-18(19)21(31(28,29)30)14-20(22)26-25-17-12-10-16(11-13-17)24-23-15-6-2-1-3-7-15/h1-14,27H,(H,28,29,30)/p-1. The molecule has 0 saturated heterocycles. The third-order valence-electron chi connectivity index (χ3n) is 4.39. The third-order valence-corrected chi connectivity index (χ3v) is 5.26. The van der Waals surface area contributed by atoms with E-state index < -0.39 is 15.0 Å². The van der Waals surface area contributed by atoms with Crippen molar-refractivity contribution in [3.05, 3.63) is 84.9 Å². The summed E-state index contributed by atoms with van der Waals surface area (Å²) in [6, 6.07) is 23.1. The van der Waals surface area contributed by atoms with Crippen molar-refractivity contribution < 1.29 is 18.1 Å². The van der Waals surface area contributed by atoms with Crippen molar-refractivity contribution in [2.24, 2.45) is 20.5 Å². The second-order valence-corrected chi connectivity index (χ2v) is 7.84. The maximum Gasteiger partial charge on any atom is 0.150 e. The van der Waals surface area contributed by atoms with Crippen molar-refractivity contribution in [1.82, 2.24) is 0 Å². The Labute approximate surface area is 178 Å². The van der Waals surface area contributed by atoms with Gasteiger partial charge in [0.15, 0.2) is 5.75 Å². The third kappa shape index (κ3) is 4.63. The van der Waals surface area contributed by atoms with Gasteiger partial charge in [0.05, 0.1) is 22.0 Å². The SMILES string of the molecule is O=S(=O)([O-])c1cc(N=Nc2ccc(N=Nc3ccccc3)cc2)c(O)c2ccccc12. The zero-order chi connectivity index (χ0) is 21.8. The zero-order valence-corrected chi connectivity index (χ0v) is 16.8. The summed E-state index contributed by atoms with van der Waals surface area (Å²) in [6.07, 6.45) is 0.